The molecule has 0 aromatic heterocycles. The maximum absolute atomic E-state index is 5.49. The molecular formula is C51H111N3. The summed E-state index contributed by atoms with van der Waals surface area (Å²) in [6.07, 6.45) is 54.9. The van der Waals surface area contributed by atoms with E-state index in [1.165, 1.54) is 250 Å². The van der Waals surface area contributed by atoms with E-state index in [0.717, 1.165) is 37.4 Å². The highest BCUT2D eigenvalue weighted by Crippen LogP contribution is 2.20. The molecule has 3 heteroatoms. The summed E-state index contributed by atoms with van der Waals surface area (Å²) in [5, 5.41) is 0. The van der Waals surface area contributed by atoms with Gasteiger partial charge in [0.25, 0.3) is 0 Å². The predicted octanol–water partition coefficient (Wildman–Crippen LogP) is 17.0. The van der Waals surface area contributed by atoms with Gasteiger partial charge in [0, 0.05) is 0 Å². The Morgan fingerprint density at radius 3 is 0.537 bits per heavy atom. The minimum Gasteiger partial charge on any atom is -0.330 e. The molecule has 0 aromatic rings. The van der Waals surface area contributed by atoms with Crippen LogP contribution in [0.3, 0.4) is 0 Å². The Morgan fingerprint density at radius 2 is 0.370 bits per heavy atom. The number of nitrogens with two attached hydrogens (primary N) is 3. The van der Waals surface area contributed by atoms with Crippen LogP contribution in [0.4, 0.5) is 0 Å². The molecule has 0 aliphatic heterocycles. The molecule has 0 spiro atoms. The van der Waals surface area contributed by atoms with E-state index in [0.29, 0.717) is 0 Å². The number of rotatable bonds is 42. The Kier molecular flexibility index (Phi) is 59.3. The maximum Gasteiger partial charge on any atom is -0.00773 e. The number of unbranched alkanes of at least 4 members (excludes halogenated alkanes) is 27. The zero-order chi connectivity index (χ0) is 40.4. The van der Waals surface area contributed by atoms with Crippen LogP contribution in [0.15, 0.2) is 0 Å². The first kappa shape index (κ1) is 58.2. The summed E-state index contributed by atoms with van der Waals surface area (Å²) in [5.41, 5.74) is 16.5. The van der Waals surface area contributed by atoms with Crippen molar-refractivity contribution in [3.05, 3.63) is 0 Å². The molecular weight excluding hydrogens is 655 g/mol. The fourth-order valence-electron chi connectivity index (χ4n) is 7.75. The highest BCUT2D eigenvalue weighted by Gasteiger charge is 2.04. The molecule has 0 rings (SSSR count). The molecule has 0 saturated heterocycles. The quantitative estimate of drug-likeness (QED) is 0.0542. The first-order chi connectivity index (χ1) is 26.4. The third kappa shape index (κ3) is 58.6. The number of hydrogen-bond donors (Lipinski definition) is 3. The molecule has 330 valence electrons. The molecule has 3 atom stereocenters. The van der Waals surface area contributed by atoms with E-state index in [9.17, 15) is 0 Å². The van der Waals surface area contributed by atoms with Crippen LogP contribution in [0, 0.1) is 17.8 Å². The summed E-state index contributed by atoms with van der Waals surface area (Å²) in [6, 6.07) is 0. The van der Waals surface area contributed by atoms with Crippen LogP contribution in [0.1, 0.15) is 292 Å². The highest BCUT2D eigenvalue weighted by molar-refractivity contribution is 4.58. The zero-order valence-electron chi connectivity index (χ0n) is 39.2. The van der Waals surface area contributed by atoms with E-state index in [2.05, 4.69) is 41.5 Å². The van der Waals surface area contributed by atoms with Crippen LogP contribution in [0.5, 0.6) is 0 Å². The topological polar surface area (TPSA) is 78.1 Å². The van der Waals surface area contributed by atoms with E-state index in [4.69, 9.17) is 17.2 Å². The monoisotopic (exact) mass is 766 g/mol. The molecule has 0 heterocycles. The summed E-state index contributed by atoms with van der Waals surface area (Å²) >= 11 is 0. The van der Waals surface area contributed by atoms with E-state index < -0.39 is 0 Å². The van der Waals surface area contributed by atoms with Crippen molar-refractivity contribution >= 4 is 0 Å². The Morgan fingerprint density at radius 1 is 0.222 bits per heavy atom. The van der Waals surface area contributed by atoms with E-state index in [1.54, 1.807) is 0 Å². The molecule has 3 nitrogen and oxygen atoms in total. The minimum absolute atomic E-state index is 0.863. The molecule has 0 amide bonds. The van der Waals surface area contributed by atoms with Gasteiger partial charge in [0.2, 0.25) is 0 Å². The van der Waals surface area contributed by atoms with Crippen LogP contribution >= 0.6 is 0 Å². The van der Waals surface area contributed by atoms with Gasteiger partial charge in [0.1, 0.15) is 0 Å². The fraction of sp³-hybridized carbons (Fsp3) is 1.00. The summed E-state index contributed by atoms with van der Waals surface area (Å²) in [4.78, 5) is 0. The van der Waals surface area contributed by atoms with Crippen LogP contribution in [-0.4, -0.2) is 19.6 Å². The Bertz CT molecular complexity index is 595. The Labute approximate surface area is 345 Å². The standard InChI is InChI=1S/C17H38N2.C17H37N.C17H36/c1-17(14-10-6-4-8-12-16-19)13-9-5-2-3-7-11-15-18;1-3-4-5-8-11-14-17(2)15-12-9-6-7-10-13-16-18;1-4-6-8-10-12-14-16-17(3)15-13-11-9-7-5-2/h17H,2-16,18-19H2,1H3;17H,3-16,18H2,1-2H3;17H,4-16H2,1-3H3. The largest absolute Gasteiger partial charge is 0.330 e. The molecule has 54 heavy (non-hydrogen) atoms. The second kappa shape index (κ2) is 55.0. The highest BCUT2D eigenvalue weighted by atomic mass is 14.5. The lowest BCUT2D eigenvalue weighted by Crippen LogP contribution is -1.98. The third-order valence-corrected chi connectivity index (χ3v) is 11.9. The average Bonchev–Trinajstić information content (AvgIpc) is 3.17. The van der Waals surface area contributed by atoms with Gasteiger partial charge in [-0.25, -0.2) is 0 Å². The van der Waals surface area contributed by atoms with Crippen molar-refractivity contribution in [3.63, 3.8) is 0 Å². The van der Waals surface area contributed by atoms with Crippen molar-refractivity contribution in [3.8, 4) is 0 Å². The molecule has 0 aliphatic carbocycles. The van der Waals surface area contributed by atoms with E-state index in [1.807, 2.05) is 0 Å². The Balaban J connectivity index is -0.000000724. The van der Waals surface area contributed by atoms with Gasteiger partial charge in [-0.15, -0.1) is 0 Å². The average molecular weight is 766 g/mol. The van der Waals surface area contributed by atoms with E-state index in [-0.39, 0.29) is 0 Å². The Hall–Kier alpha value is -0.120. The SMILES string of the molecule is CC(CCCCCCCN)CCCCCCCCN.CCCCCCCC(C)CCCCCCCCN.CCCCCCCCC(C)CCCCCCC. The van der Waals surface area contributed by atoms with Gasteiger partial charge in [-0.1, -0.05) is 273 Å². The van der Waals surface area contributed by atoms with Crippen LogP contribution in [0.25, 0.3) is 0 Å². The van der Waals surface area contributed by atoms with Gasteiger partial charge in [0.05, 0.1) is 0 Å². The lowest BCUT2D eigenvalue weighted by molar-refractivity contribution is 0.432. The first-order valence-electron chi connectivity index (χ1n) is 25.5. The predicted molar refractivity (Wildman–Crippen MR) is 252 cm³/mol. The van der Waals surface area contributed by atoms with Gasteiger partial charge in [-0.2, -0.15) is 0 Å². The fourth-order valence-corrected chi connectivity index (χ4v) is 7.75. The first-order valence-corrected chi connectivity index (χ1v) is 25.5. The van der Waals surface area contributed by atoms with Crippen molar-refractivity contribution < 1.29 is 0 Å². The van der Waals surface area contributed by atoms with Crippen molar-refractivity contribution in [1.29, 1.82) is 0 Å². The van der Waals surface area contributed by atoms with E-state index >= 15 is 0 Å². The van der Waals surface area contributed by atoms with Gasteiger partial charge in [0.15, 0.2) is 0 Å². The molecule has 0 radical (unpaired) electrons. The van der Waals surface area contributed by atoms with Crippen LogP contribution < -0.4 is 17.2 Å². The third-order valence-electron chi connectivity index (χ3n) is 11.9. The lowest BCUT2D eigenvalue weighted by Gasteiger charge is -2.11. The van der Waals surface area contributed by atoms with Gasteiger partial charge < -0.3 is 17.2 Å². The molecule has 0 aliphatic rings. The normalized spacial score (nSPS) is 12.8. The van der Waals surface area contributed by atoms with Crippen LogP contribution in [-0.2, 0) is 0 Å². The molecule has 0 saturated carbocycles. The minimum atomic E-state index is 0.863. The number of hydrogen-bond acceptors (Lipinski definition) is 3. The summed E-state index contributed by atoms with van der Waals surface area (Å²) < 4.78 is 0. The lowest BCUT2D eigenvalue weighted by atomic mass is 9.96. The summed E-state index contributed by atoms with van der Waals surface area (Å²) in [7, 11) is 0. The molecule has 3 unspecified atom stereocenters. The molecule has 0 fully saturated rings. The zero-order valence-corrected chi connectivity index (χ0v) is 39.2. The van der Waals surface area contributed by atoms with Crippen molar-refractivity contribution in [2.75, 3.05) is 19.6 Å². The molecule has 6 N–H and O–H groups in total. The molecule has 0 bridgehead atoms. The van der Waals surface area contributed by atoms with Crippen molar-refractivity contribution in [2.24, 2.45) is 35.0 Å². The maximum atomic E-state index is 5.49. The van der Waals surface area contributed by atoms with Gasteiger partial charge in [-0.3, -0.25) is 0 Å². The second-order valence-corrected chi connectivity index (χ2v) is 18.0. The van der Waals surface area contributed by atoms with Crippen LogP contribution in [0.2, 0.25) is 0 Å². The van der Waals surface area contributed by atoms with Gasteiger partial charge >= 0.3 is 0 Å². The smallest absolute Gasteiger partial charge is 0.00773 e. The van der Waals surface area contributed by atoms with Gasteiger partial charge in [-0.05, 0) is 56.7 Å². The second-order valence-electron chi connectivity index (χ2n) is 18.0. The molecule has 0 aromatic carbocycles. The van der Waals surface area contributed by atoms with Crippen molar-refractivity contribution in [1.82, 2.24) is 0 Å². The summed E-state index contributed by atoms with van der Waals surface area (Å²) in [6.45, 7) is 16.8. The summed E-state index contributed by atoms with van der Waals surface area (Å²) in [5.74, 6) is 2.86. The van der Waals surface area contributed by atoms with Crippen molar-refractivity contribution in [2.45, 2.75) is 292 Å².